The third-order valence-corrected chi connectivity index (χ3v) is 5.42. The number of rotatable bonds is 8. The van der Waals surface area contributed by atoms with E-state index in [2.05, 4.69) is 4.98 Å². The van der Waals surface area contributed by atoms with Gasteiger partial charge in [0.15, 0.2) is 0 Å². The van der Waals surface area contributed by atoms with Gasteiger partial charge in [-0.2, -0.15) is 0 Å². The molecule has 0 unspecified atom stereocenters. The summed E-state index contributed by atoms with van der Waals surface area (Å²) in [4.78, 5) is 29.5. The van der Waals surface area contributed by atoms with Crippen LogP contribution >= 0.6 is 11.6 Å². The number of para-hydroxylation sites is 1. The predicted molar refractivity (Wildman–Crippen MR) is 119 cm³/mol. The third kappa shape index (κ3) is 4.50. The number of aryl methyl sites for hydroxylation is 1. The maximum absolute atomic E-state index is 12.9. The van der Waals surface area contributed by atoms with E-state index in [9.17, 15) is 9.59 Å². The summed E-state index contributed by atoms with van der Waals surface area (Å²) in [6.07, 6.45) is 6.88. The molecule has 0 bridgehead atoms. The first-order chi connectivity index (χ1) is 14.6. The van der Waals surface area contributed by atoms with Gasteiger partial charge in [0.05, 0.1) is 5.56 Å². The van der Waals surface area contributed by atoms with Crippen LogP contribution in [0.15, 0.2) is 79.3 Å². The van der Waals surface area contributed by atoms with Crippen LogP contribution in [0, 0.1) is 0 Å². The first kappa shape index (κ1) is 20.0. The van der Waals surface area contributed by atoms with E-state index in [0.717, 1.165) is 28.5 Å². The van der Waals surface area contributed by atoms with Gasteiger partial charge in [-0.1, -0.05) is 41.9 Å². The van der Waals surface area contributed by atoms with E-state index in [1.165, 1.54) is 0 Å². The van der Waals surface area contributed by atoms with E-state index in [1.54, 1.807) is 18.6 Å². The van der Waals surface area contributed by atoms with Gasteiger partial charge in [0, 0.05) is 47.5 Å². The molecular formula is C25H21ClN2O2. The highest BCUT2D eigenvalue weighted by molar-refractivity contribution is 6.45. The van der Waals surface area contributed by atoms with Crippen molar-refractivity contribution in [3.63, 3.8) is 0 Å². The molecule has 2 aromatic carbocycles. The monoisotopic (exact) mass is 416 g/mol. The van der Waals surface area contributed by atoms with Crippen LogP contribution in [0.1, 0.15) is 34.3 Å². The van der Waals surface area contributed by atoms with Crippen LogP contribution in [0.3, 0.4) is 0 Å². The van der Waals surface area contributed by atoms with Crippen molar-refractivity contribution in [1.29, 1.82) is 0 Å². The Bertz CT molecular complexity index is 1180. The molecule has 150 valence electrons. The Hall–Kier alpha value is -3.24. The quantitative estimate of drug-likeness (QED) is 0.281. The Morgan fingerprint density at radius 2 is 1.63 bits per heavy atom. The minimum absolute atomic E-state index is 0.234. The largest absolute Gasteiger partial charge is 0.342 e. The second kappa shape index (κ2) is 9.06. The van der Waals surface area contributed by atoms with Gasteiger partial charge in [-0.25, -0.2) is 0 Å². The molecular weight excluding hydrogens is 396 g/mol. The Morgan fingerprint density at radius 1 is 0.900 bits per heavy atom. The first-order valence-electron chi connectivity index (χ1n) is 9.90. The molecule has 0 aliphatic carbocycles. The number of aromatic nitrogens is 2. The number of halogens is 1. The molecule has 0 saturated heterocycles. The van der Waals surface area contributed by atoms with E-state index in [4.69, 9.17) is 11.6 Å². The summed E-state index contributed by atoms with van der Waals surface area (Å²) in [5.74, 6) is -0.769. The van der Waals surface area contributed by atoms with Crippen molar-refractivity contribution in [3.05, 3.63) is 101 Å². The van der Waals surface area contributed by atoms with E-state index in [0.29, 0.717) is 23.6 Å². The lowest BCUT2D eigenvalue weighted by Gasteiger charge is -2.05. The average molecular weight is 417 g/mol. The van der Waals surface area contributed by atoms with Gasteiger partial charge in [0.25, 0.3) is 0 Å². The number of carbonyl (C=O) groups excluding carboxylic acids is 2. The van der Waals surface area contributed by atoms with E-state index in [1.807, 2.05) is 65.2 Å². The smallest absolute Gasteiger partial charge is 0.230 e. The molecule has 4 rings (SSSR count). The highest BCUT2D eigenvalue weighted by Gasteiger charge is 2.21. The van der Waals surface area contributed by atoms with Crippen LogP contribution in [0.2, 0.25) is 5.02 Å². The highest BCUT2D eigenvalue weighted by atomic mass is 35.5. The number of ketones is 2. The number of fused-ring (bicyclic) bond motifs is 1. The number of hydrogen-bond acceptors (Lipinski definition) is 3. The van der Waals surface area contributed by atoms with Crippen molar-refractivity contribution in [2.45, 2.75) is 25.8 Å². The molecule has 0 aliphatic rings. The number of hydrogen-bond donors (Lipinski definition) is 0. The zero-order valence-corrected chi connectivity index (χ0v) is 17.2. The fraction of sp³-hybridized carbons (Fsp3) is 0.160. The second-order valence-corrected chi connectivity index (χ2v) is 7.71. The molecule has 0 N–H and O–H groups in total. The molecule has 4 aromatic rings. The van der Waals surface area contributed by atoms with E-state index in [-0.39, 0.29) is 12.2 Å². The molecule has 0 fully saturated rings. The Morgan fingerprint density at radius 3 is 2.40 bits per heavy atom. The molecule has 30 heavy (non-hydrogen) atoms. The summed E-state index contributed by atoms with van der Waals surface area (Å²) in [5, 5.41) is 1.49. The SMILES string of the molecule is O=C(CCCc1ccncc1)C(=O)c1cn(Cc2ccc(Cl)cc2)c2ccccc12. The van der Waals surface area contributed by atoms with Gasteiger partial charge >= 0.3 is 0 Å². The van der Waals surface area contributed by atoms with Gasteiger partial charge in [-0.15, -0.1) is 0 Å². The maximum Gasteiger partial charge on any atom is 0.230 e. The number of nitrogens with zero attached hydrogens (tertiary/aromatic N) is 2. The molecule has 5 heteroatoms. The van der Waals surface area contributed by atoms with Crippen molar-refractivity contribution in [3.8, 4) is 0 Å². The molecule has 0 aliphatic heterocycles. The summed E-state index contributed by atoms with van der Waals surface area (Å²) in [6.45, 7) is 0.598. The Labute approximate surface area is 180 Å². The standard InChI is InChI=1S/C25H21ClN2O2/c26-20-10-8-19(9-11-20)16-28-17-22(21-5-1-2-6-23(21)28)25(30)24(29)7-3-4-18-12-14-27-15-13-18/h1-2,5-6,8-15,17H,3-4,7,16H2. The molecule has 0 spiro atoms. The molecule has 2 aromatic heterocycles. The summed E-state index contributed by atoms with van der Waals surface area (Å²) < 4.78 is 2.01. The van der Waals surface area contributed by atoms with Crippen LogP contribution in [0.4, 0.5) is 0 Å². The van der Waals surface area contributed by atoms with Gasteiger partial charge in [-0.05, 0) is 54.3 Å². The highest BCUT2D eigenvalue weighted by Crippen LogP contribution is 2.24. The summed E-state index contributed by atoms with van der Waals surface area (Å²) >= 11 is 5.98. The predicted octanol–water partition coefficient (Wildman–Crippen LogP) is 5.51. The Balaban J connectivity index is 1.52. The van der Waals surface area contributed by atoms with Crippen molar-refractivity contribution in [1.82, 2.24) is 9.55 Å². The molecule has 0 amide bonds. The third-order valence-electron chi connectivity index (χ3n) is 5.17. The number of Topliss-reactive ketones (excluding diaryl/α,β-unsaturated/α-hetero) is 2. The molecule has 0 atom stereocenters. The fourth-order valence-corrected chi connectivity index (χ4v) is 3.74. The number of pyridine rings is 1. The van der Waals surface area contributed by atoms with Crippen LogP contribution in [0.25, 0.3) is 10.9 Å². The first-order valence-corrected chi connectivity index (χ1v) is 10.3. The lowest BCUT2D eigenvalue weighted by atomic mass is 10.0. The lowest BCUT2D eigenvalue weighted by molar-refractivity contribution is -0.115. The minimum Gasteiger partial charge on any atom is -0.342 e. The minimum atomic E-state index is -0.421. The average Bonchev–Trinajstić information content (AvgIpc) is 3.14. The van der Waals surface area contributed by atoms with Crippen molar-refractivity contribution < 1.29 is 9.59 Å². The normalized spacial score (nSPS) is 11.0. The zero-order chi connectivity index (χ0) is 20.9. The van der Waals surface area contributed by atoms with Gasteiger partial charge in [0.1, 0.15) is 0 Å². The van der Waals surface area contributed by atoms with Crippen LogP contribution < -0.4 is 0 Å². The van der Waals surface area contributed by atoms with Crippen molar-refractivity contribution in [2.24, 2.45) is 0 Å². The summed E-state index contributed by atoms with van der Waals surface area (Å²) in [5.41, 5.74) is 3.58. The van der Waals surface area contributed by atoms with Crippen LogP contribution in [-0.4, -0.2) is 21.1 Å². The Kier molecular flexibility index (Phi) is 6.05. The molecule has 0 saturated carbocycles. The molecule has 4 nitrogen and oxygen atoms in total. The fourth-order valence-electron chi connectivity index (χ4n) is 3.61. The number of carbonyl (C=O) groups is 2. The van der Waals surface area contributed by atoms with E-state index >= 15 is 0 Å². The zero-order valence-electron chi connectivity index (χ0n) is 16.4. The molecule has 0 radical (unpaired) electrons. The lowest BCUT2D eigenvalue weighted by Crippen LogP contribution is -2.14. The van der Waals surface area contributed by atoms with E-state index < -0.39 is 5.78 Å². The number of benzene rings is 2. The molecule has 2 heterocycles. The topological polar surface area (TPSA) is 52.0 Å². The van der Waals surface area contributed by atoms with Gasteiger partial charge in [0.2, 0.25) is 11.6 Å². The maximum atomic E-state index is 12.9. The van der Waals surface area contributed by atoms with Crippen molar-refractivity contribution >= 4 is 34.1 Å². The van der Waals surface area contributed by atoms with Gasteiger partial charge < -0.3 is 4.57 Å². The van der Waals surface area contributed by atoms with Crippen LogP contribution in [0.5, 0.6) is 0 Å². The summed E-state index contributed by atoms with van der Waals surface area (Å²) in [7, 11) is 0. The van der Waals surface area contributed by atoms with Crippen molar-refractivity contribution in [2.75, 3.05) is 0 Å². The summed E-state index contributed by atoms with van der Waals surface area (Å²) in [6, 6.07) is 19.2. The van der Waals surface area contributed by atoms with Gasteiger partial charge in [-0.3, -0.25) is 14.6 Å². The second-order valence-electron chi connectivity index (χ2n) is 7.28. The van der Waals surface area contributed by atoms with Crippen LogP contribution in [-0.2, 0) is 17.8 Å².